The van der Waals surface area contributed by atoms with Crippen LogP contribution in [0.2, 0.25) is 0 Å². The molecule has 17 heavy (non-hydrogen) atoms. The summed E-state index contributed by atoms with van der Waals surface area (Å²) in [7, 11) is 0. The average molecular weight is 230 g/mol. The van der Waals surface area contributed by atoms with E-state index in [4.69, 9.17) is 4.74 Å². The van der Waals surface area contributed by atoms with Crippen molar-refractivity contribution in [1.82, 2.24) is 9.55 Å². The molecule has 1 aromatic heterocycles. The van der Waals surface area contributed by atoms with E-state index in [2.05, 4.69) is 4.98 Å². The number of ether oxygens (including phenoxy) is 1. The van der Waals surface area contributed by atoms with Gasteiger partial charge in [-0.3, -0.25) is 9.36 Å². The molecule has 0 aliphatic rings. The fourth-order valence-corrected chi connectivity index (χ4v) is 1.55. The maximum absolute atomic E-state index is 11.9. The Balaban J connectivity index is 1.98. The van der Waals surface area contributed by atoms with Gasteiger partial charge in [-0.25, -0.2) is 4.98 Å². The zero-order valence-corrected chi connectivity index (χ0v) is 9.67. The van der Waals surface area contributed by atoms with E-state index in [-0.39, 0.29) is 12.5 Å². The summed E-state index contributed by atoms with van der Waals surface area (Å²) in [5, 5.41) is 0. The largest absolute Gasteiger partial charge is 0.484 e. The van der Waals surface area contributed by atoms with Gasteiger partial charge in [-0.15, -0.1) is 0 Å². The summed E-state index contributed by atoms with van der Waals surface area (Å²) in [6.45, 7) is 1.98. The van der Waals surface area contributed by atoms with Crippen molar-refractivity contribution in [3.05, 3.63) is 48.5 Å². The molecule has 4 heteroatoms. The SMILES string of the molecule is CCc1nccn1C(=O)COc1ccccc1. The lowest BCUT2D eigenvalue weighted by Gasteiger charge is -2.07. The lowest BCUT2D eigenvalue weighted by molar-refractivity contribution is 0.0834. The van der Waals surface area contributed by atoms with E-state index in [0.717, 1.165) is 12.2 Å². The number of hydrogen-bond donors (Lipinski definition) is 0. The van der Waals surface area contributed by atoms with Gasteiger partial charge in [0.1, 0.15) is 11.6 Å². The summed E-state index contributed by atoms with van der Waals surface area (Å²) in [4.78, 5) is 16.0. The van der Waals surface area contributed by atoms with Gasteiger partial charge in [0.25, 0.3) is 5.91 Å². The first-order chi connectivity index (χ1) is 8.31. The van der Waals surface area contributed by atoms with Crippen LogP contribution in [-0.2, 0) is 6.42 Å². The molecule has 0 N–H and O–H groups in total. The molecule has 2 aromatic rings. The number of nitrogens with zero attached hydrogens (tertiary/aromatic N) is 2. The predicted octanol–water partition coefficient (Wildman–Crippen LogP) is 2.16. The van der Waals surface area contributed by atoms with Crippen molar-refractivity contribution in [3.63, 3.8) is 0 Å². The minimum absolute atomic E-state index is 0.0212. The molecule has 0 aliphatic carbocycles. The minimum Gasteiger partial charge on any atom is -0.484 e. The standard InChI is InChI=1S/C13H14N2O2/c1-2-12-14-8-9-15(12)13(16)10-17-11-6-4-3-5-7-11/h3-9H,2,10H2,1H3. The van der Waals surface area contributed by atoms with Crippen molar-refractivity contribution in [2.75, 3.05) is 6.61 Å². The van der Waals surface area contributed by atoms with Crippen LogP contribution in [0, 0.1) is 0 Å². The van der Waals surface area contributed by atoms with Gasteiger partial charge in [0.05, 0.1) is 0 Å². The van der Waals surface area contributed by atoms with Crippen LogP contribution in [0.3, 0.4) is 0 Å². The third-order valence-corrected chi connectivity index (χ3v) is 2.41. The second-order valence-electron chi connectivity index (χ2n) is 3.56. The summed E-state index contributed by atoms with van der Waals surface area (Å²) in [6, 6.07) is 9.28. The highest BCUT2D eigenvalue weighted by Crippen LogP contribution is 2.08. The van der Waals surface area contributed by atoms with Crippen LogP contribution in [0.5, 0.6) is 5.75 Å². The van der Waals surface area contributed by atoms with Crippen LogP contribution < -0.4 is 4.74 Å². The van der Waals surface area contributed by atoms with E-state index in [9.17, 15) is 4.79 Å². The molecule has 0 radical (unpaired) electrons. The van der Waals surface area contributed by atoms with E-state index >= 15 is 0 Å². The highest BCUT2D eigenvalue weighted by molar-refractivity contribution is 5.80. The van der Waals surface area contributed by atoms with Gasteiger partial charge >= 0.3 is 0 Å². The first-order valence-electron chi connectivity index (χ1n) is 5.54. The number of aryl methyl sites for hydroxylation is 1. The number of carbonyl (C=O) groups is 1. The molecular weight excluding hydrogens is 216 g/mol. The van der Waals surface area contributed by atoms with Gasteiger partial charge in [0, 0.05) is 18.8 Å². The summed E-state index contributed by atoms with van der Waals surface area (Å²) in [6.07, 6.45) is 4.01. The molecule has 0 saturated carbocycles. The lowest BCUT2D eigenvalue weighted by Crippen LogP contribution is -2.20. The first kappa shape index (κ1) is 11.4. The first-order valence-corrected chi connectivity index (χ1v) is 5.54. The number of rotatable bonds is 4. The Morgan fingerprint density at radius 2 is 2.12 bits per heavy atom. The van der Waals surface area contributed by atoms with Crippen LogP contribution in [0.25, 0.3) is 0 Å². The van der Waals surface area contributed by atoms with Crippen LogP contribution in [-0.4, -0.2) is 22.1 Å². The Morgan fingerprint density at radius 3 is 2.82 bits per heavy atom. The summed E-state index contributed by atoms with van der Waals surface area (Å²) >= 11 is 0. The van der Waals surface area contributed by atoms with E-state index in [1.165, 1.54) is 4.57 Å². The lowest BCUT2D eigenvalue weighted by atomic mass is 10.3. The molecule has 0 atom stereocenters. The maximum Gasteiger partial charge on any atom is 0.269 e. The van der Waals surface area contributed by atoms with Crippen LogP contribution in [0.1, 0.15) is 17.5 Å². The van der Waals surface area contributed by atoms with Crippen molar-refractivity contribution >= 4 is 5.91 Å². The van der Waals surface area contributed by atoms with Crippen molar-refractivity contribution in [2.24, 2.45) is 0 Å². The molecule has 0 fully saturated rings. The van der Waals surface area contributed by atoms with Gasteiger partial charge in [-0.05, 0) is 12.1 Å². The molecule has 4 nitrogen and oxygen atoms in total. The highest BCUT2D eigenvalue weighted by atomic mass is 16.5. The Bertz CT molecular complexity index is 491. The average Bonchev–Trinajstić information content (AvgIpc) is 2.85. The normalized spacial score (nSPS) is 10.2. The highest BCUT2D eigenvalue weighted by Gasteiger charge is 2.09. The number of carbonyl (C=O) groups excluding carboxylic acids is 1. The van der Waals surface area contributed by atoms with E-state index in [1.807, 2.05) is 37.3 Å². The Labute approximate surface area is 99.9 Å². The van der Waals surface area contributed by atoms with Crippen LogP contribution in [0.4, 0.5) is 0 Å². The predicted molar refractivity (Wildman–Crippen MR) is 64.2 cm³/mol. The van der Waals surface area contributed by atoms with Gasteiger partial charge < -0.3 is 4.74 Å². The van der Waals surface area contributed by atoms with Crippen molar-refractivity contribution < 1.29 is 9.53 Å². The van der Waals surface area contributed by atoms with Crippen LogP contribution >= 0.6 is 0 Å². The zero-order valence-electron chi connectivity index (χ0n) is 9.67. The fraction of sp³-hybridized carbons (Fsp3) is 0.231. The molecule has 0 unspecified atom stereocenters. The molecule has 0 bridgehead atoms. The van der Waals surface area contributed by atoms with E-state index in [1.54, 1.807) is 12.4 Å². The smallest absolute Gasteiger partial charge is 0.269 e. The molecule has 0 saturated heterocycles. The Kier molecular flexibility index (Phi) is 3.55. The third kappa shape index (κ3) is 2.72. The Hall–Kier alpha value is -2.10. The van der Waals surface area contributed by atoms with Gasteiger partial charge in [0.2, 0.25) is 0 Å². The van der Waals surface area contributed by atoms with Gasteiger partial charge in [0.15, 0.2) is 6.61 Å². The molecule has 2 rings (SSSR count). The Morgan fingerprint density at radius 1 is 1.35 bits per heavy atom. The molecule has 0 amide bonds. The summed E-state index contributed by atoms with van der Waals surface area (Å²) in [5.74, 6) is 1.34. The van der Waals surface area contributed by atoms with E-state index in [0.29, 0.717) is 5.75 Å². The molecule has 1 aromatic carbocycles. The van der Waals surface area contributed by atoms with E-state index < -0.39 is 0 Å². The number of hydrogen-bond acceptors (Lipinski definition) is 3. The third-order valence-electron chi connectivity index (χ3n) is 2.41. The minimum atomic E-state index is -0.108. The van der Waals surface area contributed by atoms with Gasteiger partial charge in [-0.1, -0.05) is 25.1 Å². The maximum atomic E-state index is 11.9. The van der Waals surface area contributed by atoms with Crippen molar-refractivity contribution in [1.29, 1.82) is 0 Å². The zero-order chi connectivity index (χ0) is 12.1. The monoisotopic (exact) mass is 230 g/mol. The van der Waals surface area contributed by atoms with Crippen molar-refractivity contribution in [2.45, 2.75) is 13.3 Å². The molecule has 88 valence electrons. The second-order valence-corrected chi connectivity index (χ2v) is 3.56. The molecule has 0 aliphatic heterocycles. The van der Waals surface area contributed by atoms with Crippen LogP contribution in [0.15, 0.2) is 42.7 Å². The fourth-order valence-electron chi connectivity index (χ4n) is 1.55. The molecular formula is C13H14N2O2. The number of aromatic nitrogens is 2. The molecule has 0 spiro atoms. The van der Waals surface area contributed by atoms with Crippen molar-refractivity contribution in [3.8, 4) is 5.75 Å². The summed E-state index contributed by atoms with van der Waals surface area (Å²) in [5.41, 5.74) is 0. The topological polar surface area (TPSA) is 44.1 Å². The number of imidazole rings is 1. The number of para-hydroxylation sites is 1. The quantitative estimate of drug-likeness (QED) is 0.808. The second kappa shape index (κ2) is 5.30. The number of benzene rings is 1. The molecule has 1 heterocycles. The summed E-state index contributed by atoms with van der Waals surface area (Å²) < 4.78 is 6.92. The van der Waals surface area contributed by atoms with Gasteiger partial charge in [-0.2, -0.15) is 0 Å².